The fourth-order valence-electron chi connectivity index (χ4n) is 4.65. The molecule has 3 rings (SSSR count). The van der Waals surface area contributed by atoms with Crippen molar-refractivity contribution in [1.82, 2.24) is 21.3 Å². The van der Waals surface area contributed by atoms with Crippen LogP contribution in [0.3, 0.4) is 0 Å². The second kappa shape index (κ2) is 15.2. The molecule has 4 amide bonds. The van der Waals surface area contributed by atoms with Crippen molar-refractivity contribution in [2.24, 2.45) is 11.8 Å². The number of ether oxygens (including phenoxy) is 1. The van der Waals surface area contributed by atoms with Crippen LogP contribution in [0, 0.1) is 11.8 Å². The van der Waals surface area contributed by atoms with E-state index in [2.05, 4.69) is 28.2 Å². The fraction of sp³-hybridized carbons (Fsp3) is 0.643. The van der Waals surface area contributed by atoms with Crippen LogP contribution in [0.1, 0.15) is 76.7 Å². The summed E-state index contributed by atoms with van der Waals surface area (Å²) in [5.41, 5.74) is 0.901. The average Bonchev–Trinajstić information content (AvgIpc) is 2.86. The highest BCUT2D eigenvalue weighted by Gasteiger charge is 2.38. The molecule has 0 heterocycles. The third kappa shape index (κ3) is 9.37. The lowest BCUT2D eigenvalue weighted by molar-refractivity contribution is -0.131. The molecule has 0 bridgehead atoms. The SMILES string of the molecule is CCCCCCNC(=O)[C@@H]1CC[C@@H]1NC(=O)CCCNC(=O)[C@@H]1CC[C@@H]1NC(=O)OCc1ccccc1. The zero-order valence-corrected chi connectivity index (χ0v) is 21.9. The smallest absolute Gasteiger partial charge is 0.407 e. The number of nitrogens with one attached hydrogen (secondary N) is 4. The monoisotopic (exact) mass is 514 g/mol. The van der Waals surface area contributed by atoms with Gasteiger partial charge in [-0.15, -0.1) is 0 Å². The molecule has 4 N–H and O–H groups in total. The topological polar surface area (TPSA) is 126 Å². The zero-order valence-electron chi connectivity index (χ0n) is 21.9. The lowest BCUT2D eigenvalue weighted by atomic mass is 9.78. The number of alkyl carbamates (subject to hydrolysis) is 1. The molecule has 204 valence electrons. The van der Waals surface area contributed by atoms with Crippen LogP contribution in [-0.2, 0) is 25.7 Å². The molecule has 0 unspecified atom stereocenters. The van der Waals surface area contributed by atoms with Crippen molar-refractivity contribution < 1.29 is 23.9 Å². The van der Waals surface area contributed by atoms with Gasteiger partial charge in [-0.05, 0) is 44.1 Å². The first-order valence-corrected chi connectivity index (χ1v) is 13.8. The number of unbranched alkanes of at least 4 members (excludes halogenated alkanes) is 3. The number of hydrogen-bond donors (Lipinski definition) is 4. The highest BCUT2D eigenvalue weighted by Crippen LogP contribution is 2.28. The van der Waals surface area contributed by atoms with Crippen LogP contribution in [0.2, 0.25) is 0 Å². The van der Waals surface area contributed by atoms with E-state index < -0.39 is 6.09 Å². The van der Waals surface area contributed by atoms with Crippen LogP contribution in [0.5, 0.6) is 0 Å². The Kier molecular flexibility index (Phi) is 11.7. The molecule has 2 aliphatic carbocycles. The van der Waals surface area contributed by atoms with Gasteiger partial charge in [0.1, 0.15) is 6.61 Å². The number of rotatable bonds is 15. The Bertz CT molecular complexity index is 894. The van der Waals surface area contributed by atoms with E-state index in [4.69, 9.17) is 4.74 Å². The first-order chi connectivity index (χ1) is 18.0. The van der Waals surface area contributed by atoms with Gasteiger partial charge in [0, 0.05) is 31.6 Å². The third-order valence-corrected chi connectivity index (χ3v) is 7.29. The van der Waals surface area contributed by atoms with Crippen molar-refractivity contribution in [3.8, 4) is 0 Å². The average molecular weight is 515 g/mol. The van der Waals surface area contributed by atoms with Gasteiger partial charge < -0.3 is 26.0 Å². The number of carbonyl (C=O) groups is 4. The number of carbonyl (C=O) groups excluding carboxylic acids is 4. The maximum Gasteiger partial charge on any atom is 0.407 e. The first kappa shape index (κ1) is 28.5. The second-order valence-electron chi connectivity index (χ2n) is 10.1. The van der Waals surface area contributed by atoms with Crippen molar-refractivity contribution >= 4 is 23.8 Å². The summed E-state index contributed by atoms with van der Waals surface area (Å²) in [6.45, 7) is 3.43. The van der Waals surface area contributed by atoms with Crippen LogP contribution in [-0.4, -0.2) is 49.0 Å². The molecule has 37 heavy (non-hydrogen) atoms. The molecule has 2 aliphatic rings. The molecular weight excluding hydrogens is 472 g/mol. The molecule has 2 fully saturated rings. The fourth-order valence-corrected chi connectivity index (χ4v) is 4.65. The highest BCUT2D eigenvalue weighted by atomic mass is 16.5. The lowest BCUT2D eigenvalue weighted by Gasteiger charge is -2.36. The van der Waals surface area contributed by atoms with E-state index in [0.29, 0.717) is 32.4 Å². The number of hydrogen-bond acceptors (Lipinski definition) is 5. The Balaban J connectivity index is 1.24. The van der Waals surface area contributed by atoms with E-state index in [1.807, 2.05) is 30.3 Å². The van der Waals surface area contributed by atoms with Gasteiger partial charge in [-0.2, -0.15) is 0 Å². The summed E-state index contributed by atoms with van der Waals surface area (Å²) in [5.74, 6) is -0.599. The van der Waals surface area contributed by atoms with Crippen LogP contribution in [0.25, 0.3) is 0 Å². The predicted molar refractivity (Wildman–Crippen MR) is 140 cm³/mol. The molecule has 0 aliphatic heterocycles. The van der Waals surface area contributed by atoms with Crippen LogP contribution in [0.15, 0.2) is 30.3 Å². The Morgan fingerprint density at radius 2 is 1.41 bits per heavy atom. The summed E-state index contributed by atoms with van der Waals surface area (Å²) in [4.78, 5) is 49.2. The summed E-state index contributed by atoms with van der Waals surface area (Å²) in [5, 5.41) is 11.6. The first-order valence-electron chi connectivity index (χ1n) is 13.8. The van der Waals surface area contributed by atoms with Crippen LogP contribution >= 0.6 is 0 Å². The minimum atomic E-state index is -0.525. The molecule has 0 spiro atoms. The summed E-state index contributed by atoms with van der Waals surface area (Å²) >= 11 is 0. The van der Waals surface area contributed by atoms with E-state index in [0.717, 1.165) is 37.7 Å². The van der Waals surface area contributed by atoms with E-state index in [1.54, 1.807) is 0 Å². The Morgan fingerprint density at radius 3 is 2.00 bits per heavy atom. The normalized spacial score (nSPS) is 22.1. The number of amides is 4. The molecule has 1 aromatic rings. The van der Waals surface area contributed by atoms with Crippen molar-refractivity contribution in [2.45, 2.75) is 89.8 Å². The van der Waals surface area contributed by atoms with Gasteiger partial charge in [-0.25, -0.2) is 4.79 Å². The van der Waals surface area contributed by atoms with E-state index in [1.165, 1.54) is 12.8 Å². The van der Waals surface area contributed by atoms with Crippen LogP contribution < -0.4 is 21.3 Å². The zero-order chi connectivity index (χ0) is 26.5. The predicted octanol–water partition coefficient (Wildman–Crippen LogP) is 3.18. The molecular formula is C28H42N4O5. The third-order valence-electron chi connectivity index (χ3n) is 7.29. The second-order valence-corrected chi connectivity index (χ2v) is 10.1. The van der Waals surface area contributed by atoms with Crippen molar-refractivity contribution in [3.63, 3.8) is 0 Å². The minimum absolute atomic E-state index is 0.0351. The van der Waals surface area contributed by atoms with Gasteiger partial charge in [0.05, 0.1) is 11.8 Å². The van der Waals surface area contributed by atoms with E-state index >= 15 is 0 Å². The Morgan fingerprint density at radius 1 is 0.784 bits per heavy atom. The van der Waals surface area contributed by atoms with Crippen LogP contribution in [0.4, 0.5) is 4.79 Å². The summed E-state index contributed by atoms with van der Waals surface area (Å²) in [6.07, 6.45) is 7.81. The summed E-state index contributed by atoms with van der Waals surface area (Å²) in [7, 11) is 0. The van der Waals surface area contributed by atoms with Gasteiger partial charge in [0.25, 0.3) is 0 Å². The molecule has 0 saturated heterocycles. The quantitative estimate of drug-likeness (QED) is 0.268. The Labute approximate surface area is 219 Å². The molecule has 2 saturated carbocycles. The molecule has 1 aromatic carbocycles. The molecule has 4 atom stereocenters. The van der Waals surface area contributed by atoms with Crippen molar-refractivity contribution in [2.75, 3.05) is 13.1 Å². The van der Waals surface area contributed by atoms with Crippen molar-refractivity contribution in [1.29, 1.82) is 0 Å². The van der Waals surface area contributed by atoms with E-state index in [-0.39, 0.29) is 48.2 Å². The summed E-state index contributed by atoms with van der Waals surface area (Å²) in [6, 6.07) is 9.09. The molecule has 0 aromatic heterocycles. The highest BCUT2D eigenvalue weighted by molar-refractivity contribution is 5.83. The standard InChI is InChI=1S/C28H42N4O5/c1-2-3-4-8-17-29-26(34)21-13-15-23(21)31-25(33)12-9-18-30-27(35)22-14-16-24(22)32-28(36)37-19-20-10-6-5-7-11-20/h5-7,10-11,21-24H,2-4,8-9,12-19H2,1H3,(H,29,34)(H,30,35)(H,31,33)(H,32,36)/t21-,22-,23+,24+/m1/s1. The van der Waals surface area contributed by atoms with Gasteiger partial charge in [0.2, 0.25) is 17.7 Å². The van der Waals surface area contributed by atoms with Gasteiger partial charge in [0.15, 0.2) is 0 Å². The molecule has 9 heteroatoms. The molecule has 0 radical (unpaired) electrons. The number of benzene rings is 1. The molecule has 9 nitrogen and oxygen atoms in total. The van der Waals surface area contributed by atoms with Gasteiger partial charge >= 0.3 is 6.09 Å². The Hall–Kier alpha value is -3.10. The minimum Gasteiger partial charge on any atom is -0.445 e. The van der Waals surface area contributed by atoms with Crippen molar-refractivity contribution in [3.05, 3.63) is 35.9 Å². The maximum atomic E-state index is 12.5. The lowest BCUT2D eigenvalue weighted by Crippen LogP contribution is -2.53. The van der Waals surface area contributed by atoms with E-state index in [9.17, 15) is 19.2 Å². The largest absolute Gasteiger partial charge is 0.445 e. The maximum absolute atomic E-state index is 12.5. The van der Waals surface area contributed by atoms with Gasteiger partial charge in [-0.3, -0.25) is 14.4 Å². The summed E-state index contributed by atoms with van der Waals surface area (Å²) < 4.78 is 5.24. The van der Waals surface area contributed by atoms with Gasteiger partial charge in [-0.1, -0.05) is 56.5 Å².